The molecule has 1 aromatic heterocycles. The third kappa shape index (κ3) is 6.99. The summed E-state index contributed by atoms with van der Waals surface area (Å²) in [7, 11) is 3.60. The van der Waals surface area contributed by atoms with E-state index in [2.05, 4.69) is 32.9 Å². The van der Waals surface area contributed by atoms with Crippen molar-refractivity contribution in [2.24, 2.45) is 0 Å². The number of carboxylic acids is 1. The number of carboxylic acid groups (broad SMARTS) is 1. The summed E-state index contributed by atoms with van der Waals surface area (Å²) in [4.78, 5) is 33.2. The van der Waals surface area contributed by atoms with Crippen LogP contribution in [-0.4, -0.2) is 73.0 Å². The van der Waals surface area contributed by atoms with E-state index in [4.69, 9.17) is 25.0 Å². The van der Waals surface area contributed by atoms with Crippen LogP contribution in [0.25, 0.3) is 0 Å². The summed E-state index contributed by atoms with van der Waals surface area (Å²) in [5, 5.41) is 17.7. The zero-order chi connectivity index (χ0) is 29.0. The number of Topliss-reactive ketones (excluding diaryl/α,β-unsaturated/α-hetero) is 1. The number of nitrogens with one attached hydrogen (secondary N) is 1. The predicted molar refractivity (Wildman–Crippen MR) is 155 cm³/mol. The SMILES string of the molecule is COCCN(C)c1cc(C(=O)CN2Cc3ccc(C4CC4)nc3C2=N)cc(C(C)(C)C)c1OCCCCC(=O)O. The quantitative estimate of drug-likeness (QED) is 0.249. The van der Waals surface area contributed by atoms with Crippen LogP contribution < -0.4 is 9.64 Å². The molecule has 216 valence electrons. The number of nitrogens with zero attached hydrogens (tertiary/aromatic N) is 3. The lowest BCUT2D eigenvalue weighted by molar-refractivity contribution is -0.137. The number of anilines is 1. The molecule has 1 aromatic carbocycles. The van der Waals surface area contributed by atoms with Gasteiger partial charge in [-0.3, -0.25) is 15.0 Å². The summed E-state index contributed by atoms with van der Waals surface area (Å²) >= 11 is 0. The van der Waals surface area contributed by atoms with Gasteiger partial charge in [0.15, 0.2) is 5.78 Å². The normalized spacial score (nSPS) is 14.8. The minimum atomic E-state index is -0.813. The number of fused-ring (bicyclic) bond motifs is 1. The Balaban J connectivity index is 1.59. The van der Waals surface area contributed by atoms with E-state index in [0.29, 0.717) is 67.9 Å². The van der Waals surface area contributed by atoms with E-state index < -0.39 is 5.97 Å². The number of hydrogen-bond donors (Lipinski definition) is 2. The van der Waals surface area contributed by atoms with Gasteiger partial charge in [-0.05, 0) is 49.3 Å². The Morgan fingerprint density at radius 2 is 1.93 bits per heavy atom. The van der Waals surface area contributed by atoms with Gasteiger partial charge in [-0.25, -0.2) is 4.98 Å². The van der Waals surface area contributed by atoms with Crippen LogP contribution in [0.3, 0.4) is 0 Å². The molecule has 2 aliphatic rings. The van der Waals surface area contributed by atoms with Crippen LogP contribution in [0.4, 0.5) is 5.69 Å². The Bertz CT molecular complexity index is 1270. The number of amidine groups is 1. The largest absolute Gasteiger partial charge is 0.491 e. The number of ether oxygens (including phenoxy) is 2. The van der Waals surface area contributed by atoms with Crippen molar-refractivity contribution in [2.45, 2.75) is 70.8 Å². The number of unbranched alkanes of at least 4 members (excludes halogenated alkanes) is 1. The molecule has 1 aliphatic carbocycles. The van der Waals surface area contributed by atoms with Crippen molar-refractivity contribution < 1.29 is 24.2 Å². The van der Waals surface area contributed by atoms with E-state index >= 15 is 0 Å². The summed E-state index contributed by atoms with van der Waals surface area (Å²) in [6.45, 7) is 8.35. The lowest BCUT2D eigenvalue weighted by Gasteiger charge is -2.30. The molecule has 2 aromatic rings. The summed E-state index contributed by atoms with van der Waals surface area (Å²) in [5.74, 6) is 0.638. The van der Waals surface area contributed by atoms with E-state index in [-0.39, 0.29) is 24.2 Å². The molecule has 1 aliphatic heterocycles. The minimum absolute atomic E-state index is 0.0696. The molecule has 0 atom stereocenters. The highest BCUT2D eigenvalue weighted by Gasteiger charge is 2.32. The average Bonchev–Trinajstić information content (AvgIpc) is 3.71. The molecule has 0 radical (unpaired) electrons. The van der Waals surface area contributed by atoms with Gasteiger partial charge in [0, 0.05) is 62.0 Å². The number of hydrogen-bond acceptors (Lipinski definition) is 7. The second-order valence-electron chi connectivity index (χ2n) is 11.9. The number of rotatable bonds is 14. The molecule has 4 rings (SSSR count). The fourth-order valence-corrected chi connectivity index (χ4v) is 4.94. The standard InChI is InChI=1S/C31H42N4O5/c1-31(2,3)23-16-22(17-25(34(4)13-15-39-5)29(23)40-14-7-6-8-27(37)38)26(36)19-35-18-21-11-12-24(20-9-10-20)33-28(21)30(35)32/h11-12,16-17,20,32H,6-10,13-15,18-19H2,1-5H3,(H,37,38). The van der Waals surface area contributed by atoms with Crippen molar-refractivity contribution in [1.82, 2.24) is 9.88 Å². The smallest absolute Gasteiger partial charge is 0.303 e. The molecule has 9 nitrogen and oxygen atoms in total. The van der Waals surface area contributed by atoms with Crippen LogP contribution in [0.15, 0.2) is 24.3 Å². The van der Waals surface area contributed by atoms with Crippen LogP contribution >= 0.6 is 0 Å². The van der Waals surface area contributed by atoms with Crippen molar-refractivity contribution >= 4 is 23.3 Å². The molecule has 1 saturated carbocycles. The number of aliphatic carboxylic acids is 1. The van der Waals surface area contributed by atoms with Gasteiger partial charge in [0.2, 0.25) is 0 Å². The molecule has 0 spiro atoms. The van der Waals surface area contributed by atoms with E-state index in [1.54, 1.807) is 12.0 Å². The van der Waals surface area contributed by atoms with Crippen LogP contribution in [0, 0.1) is 5.41 Å². The molecule has 9 heteroatoms. The molecular weight excluding hydrogens is 508 g/mol. The van der Waals surface area contributed by atoms with Gasteiger partial charge in [-0.2, -0.15) is 0 Å². The fourth-order valence-electron chi connectivity index (χ4n) is 4.94. The van der Waals surface area contributed by atoms with E-state index in [1.807, 2.05) is 24.1 Å². The summed E-state index contributed by atoms with van der Waals surface area (Å²) in [6, 6.07) is 7.90. The lowest BCUT2D eigenvalue weighted by Crippen LogP contribution is -2.31. The van der Waals surface area contributed by atoms with Gasteiger partial charge in [-0.15, -0.1) is 0 Å². The Labute approximate surface area is 237 Å². The summed E-state index contributed by atoms with van der Waals surface area (Å²) in [5.41, 5.74) is 4.69. The number of benzene rings is 1. The number of aromatic nitrogens is 1. The maximum atomic E-state index is 13.7. The van der Waals surface area contributed by atoms with Crippen molar-refractivity contribution in [3.05, 3.63) is 52.3 Å². The monoisotopic (exact) mass is 550 g/mol. The van der Waals surface area contributed by atoms with E-state index in [0.717, 1.165) is 35.3 Å². The maximum Gasteiger partial charge on any atom is 0.303 e. The van der Waals surface area contributed by atoms with Gasteiger partial charge in [-0.1, -0.05) is 26.8 Å². The highest BCUT2D eigenvalue weighted by Crippen LogP contribution is 2.41. The average molecular weight is 551 g/mol. The topological polar surface area (TPSA) is 116 Å². The van der Waals surface area contributed by atoms with Crippen molar-refractivity contribution in [2.75, 3.05) is 45.4 Å². The number of carbonyl (C=O) groups excluding carboxylic acids is 1. The first-order valence-electron chi connectivity index (χ1n) is 14.1. The Hall–Kier alpha value is -3.46. The van der Waals surface area contributed by atoms with Crippen molar-refractivity contribution in [3.8, 4) is 5.75 Å². The van der Waals surface area contributed by atoms with Crippen LogP contribution in [-0.2, 0) is 21.5 Å². The predicted octanol–water partition coefficient (Wildman–Crippen LogP) is 5.00. The number of ketones is 1. The molecular formula is C31H42N4O5. The third-order valence-electron chi connectivity index (χ3n) is 7.50. The number of pyridine rings is 1. The van der Waals surface area contributed by atoms with Gasteiger partial charge < -0.3 is 24.4 Å². The number of methoxy groups -OCH3 is 1. The summed E-state index contributed by atoms with van der Waals surface area (Å²) < 4.78 is 11.6. The van der Waals surface area contributed by atoms with Crippen molar-refractivity contribution in [1.29, 1.82) is 5.41 Å². The van der Waals surface area contributed by atoms with Crippen LogP contribution in [0.1, 0.15) is 91.7 Å². The van der Waals surface area contributed by atoms with Gasteiger partial charge in [0.25, 0.3) is 0 Å². The number of likely N-dealkylation sites (N-methyl/N-ethyl adjacent to an activating group) is 1. The molecule has 40 heavy (non-hydrogen) atoms. The van der Waals surface area contributed by atoms with E-state index in [9.17, 15) is 9.59 Å². The molecule has 0 saturated heterocycles. The molecule has 2 N–H and O–H groups in total. The second-order valence-corrected chi connectivity index (χ2v) is 11.9. The highest BCUT2D eigenvalue weighted by molar-refractivity contribution is 6.05. The second kappa shape index (κ2) is 12.4. The first-order chi connectivity index (χ1) is 19.0. The minimum Gasteiger partial charge on any atom is -0.491 e. The van der Waals surface area contributed by atoms with Gasteiger partial charge in [0.1, 0.15) is 17.3 Å². The zero-order valence-electron chi connectivity index (χ0n) is 24.4. The zero-order valence-corrected chi connectivity index (χ0v) is 24.4. The third-order valence-corrected chi connectivity index (χ3v) is 7.50. The first-order valence-corrected chi connectivity index (χ1v) is 14.1. The Morgan fingerprint density at radius 1 is 1.18 bits per heavy atom. The van der Waals surface area contributed by atoms with Gasteiger partial charge >= 0.3 is 5.97 Å². The molecule has 1 fully saturated rings. The Morgan fingerprint density at radius 3 is 2.58 bits per heavy atom. The first kappa shape index (κ1) is 29.5. The van der Waals surface area contributed by atoms with E-state index in [1.165, 1.54) is 0 Å². The highest BCUT2D eigenvalue weighted by atomic mass is 16.5. The van der Waals surface area contributed by atoms with Gasteiger partial charge in [0.05, 0.1) is 25.4 Å². The molecule has 0 bridgehead atoms. The van der Waals surface area contributed by atoms with Crippen molar-refractivity contribution in [3.63, 3.8) is 0 Å². The molecule has 0 unspecified atom stereocenters. The lowest BCUT2D eigenvalue weighted by atomic mass is 9.84. The number of carbonyl (C=O) groups is 2. The molecule has 2 heterocycles. The molecule has 0 amide bonds. The summed E-state index contributed by atoms with van der Waals surface area (Å²) in [6.07, 6.45) is 3.57. The fraction of sp³-hybridized carbons (Fsp3) is 0.548. The van der Waals surface area contributed by atoms with Crippen LogP contribution in [0.5, 0.6) is 5.75 Å². The maximum absolute atomic E-state index is 13.7. The van der Waals surface area contributed by atoms with Crippen LogP contribution in [0.2, 0.25) is 0 Å². The Kier molecular flexibility index (Phi) is 9.13.